The molecule has 0 aliphatic heterocycles. The van der Waals surface area contributed by atoms with Gasteiger partial charge in [0.15, 0.2) is 5.65 Å². The molecule has 0 saturated heterocycles. The van der Waals surface area contributed by atoms with E-state index in [2.05, 4.69) is 30.6 Å². The second-order valence-corrected chi connectivity index (χ2v) is 7.21. The van der Waals surface area contributed by atoms with Crippen LogP contribution >= 0.6 is 0 Å². The number of aromatic amines is 1. The quantitative estimate of drug-likeness (QED) is 0.659. The summed E-state index contributed by atoms with van der Waals surface area (Å²) in [6, 6.07) is 0. The predicted molar refractivity (Wildman–Crippen MR) is 82.0 cm³/mol. The Hall–Kier alpha value is -2.49. The van der Waals surface area contributed by atoms with Gasteiger partial charge in [-0.05, 0) is 6.92 Å². The molecular formula is C12H16N8OS. The van der Waals surface area contributed by atoms with Gasteiger partial charge < -0.3 is 5.32 Å². The highest BCUT2D eigenvalue weighted by Gasteiger charge is 2.16. The zero-order valence-corrected chi connectivity index (χ0v) is 13.2. The number of aromatic nitrogens is 6. The molecule has 9 nitrogen and oxygen atoms in total. The van der Waals surface area contributed by atoms with Crippen molar-refractivity contribution < 1.29 is 4.21 Å². The largest absolute Gasteiger partial charge is 0.364 e. The summed E-state index contributed by atoms with van der Waals surface area (Å²) in [5.41, 5.74) is 2.01. The van der Waals surface area contributed by atoms with Crippen LogP contribution in [0.3, 0.4) is 0 Å². The minimum absolute atomic E-state index is 0.316. The number of hydrogen-bond donors (Lipinski definition) is 3. The van der Waals surface area contributed by atoms with E-state index in [0.717, 1.165) is 11.1 Å². The van der Waals surface area contributed by atoms with Crippen molar-refractivity contribution in [2.45, 2.75) is 18.4 Å². The lowest BCUT2D eigenvalue weighted by Gasteiger charge is -2.06. The Balaban J connectivity index is 1.94. The first-order valence-corrected chi connectivity index (χ1v) is 8.49. The van der Waals surface area contributed by atoms with E-state index >= 15 is 0 Å². The molecule has 3 aromatic heterocycles. The fourth-order valence-corrected chi connectivity index (χ4v) is 3.18. The zero-order chi connectivity index (χ0) is 15.9. The van der Waals surface area contributed by atoms with Gasteiger partial charge in [-0.3, -0.25) is 9.78 Å². The van der Waals surface area contributed by atoms with Crippen LogP contribution in [0.2, 0.25) is 0 Å². The summed E-state index contributed by atoms with van der Waals surface area (Å²) in [4.78, 5) is 8.74. The Morgan fingerprint density at radius 3 is 2.95 bits per heavy atom. The molecule has 0 aliphatic rings. The molecule has 0 bridgehead atoms. The Bertz CT molecular complexity index is 939. The lowest BCUT2D eigenvalue weighted by Crippen LogP contribution is -2.07. The van der Waals surface area contributed by atoms with Gasteiger partial charge in [-0.2, -0.15) is 10.2 Å². The molecule has 3 rings (SSSR count). The molecule has 1 atom stereocenters. The molecule has 3 aromatic rings. The summed E-state index contributed by atoms with van der Waals surface area (Å²) >= 11 is 0. The van der Waals surface area contributed by atoms with Gasteiger partial charge in [0.25, 0.3) is 0 Å². The van der Waals surface area contributed by atoms with E-state index in [0.29, 0.717) is 28.6 Å². The molecule has 10 heteroatoms. The Morgan fingerprint density at radius 1 is 1.45 bits per heavy atom. The van der Waals surface area contributed by atoms with Gasteiger partial charge in [-0.1, -0.05) is 0 Å². The molecule has 0 amide bonds. The third-order valence-electron chi connectivity index (χ3n) is 3.24. The molecule has 22 heavy (non-hydrogen) atoms. The lowest BCUT2D eigenvalue weighted by atomic mass is 10.3. The molecule has 0 aromatic carbocycles. The SMILES string of the molecule is Cc1[nH]nc2ncnc(NCc3nn(C)cc3S(C)(=N)=O)c12. The summed E-state index contributed by atoms with van der Waals surface area (Å²) in [5, 5.41) is 15.2. The highest BCUT2D eigenvalue weighted by molar-refractivity contribution is 7.91. The Labute approximate surface area is 127 Å². The van der Waals surface area contributed by atoms with Gasteiger partial charge >= 0.3 is 0 Å². The van der Waals surface area contributed by atoms with Crippen LogP contribution in [0.5, 0.6) is 0 Å². The molecule has 3 heterocycles. The van der Waals surface area contributed by atoms with Gasteiger partial charge in [-0.25, -0.2) is 19.0 Å². The van der Waals surface area contributed by atoms with Crippen LogP contribution in [-0.4, -0.2) is 40.4 Å². The topological polar surface area (TPSA) is 125 Å². The van der Waals surface area contributed by atoms with Crippen molar-refractivity contribution in [2.75, 3.05) is 11.6 Å². The molecule has 0 spiro atoms. The lowest BCUT2D eigenvalue weighted by molar-refractivity contribution is 0.678. The van der Waals surface area contributed by atoms with Crippen LogP contribution in [0.15, 0.2) is 17.4 Å². The van der Waals surface area contributed by atoms with Crippen molar-refractivity contribution in [1.82, 2.24) is 29.9 Å². The number of nitrogens with one attached hydrogen (secondary N) is 3. The third kappa shape index (κ3) is 2.52. The molecule has 116 valence electrons. The van der Waals surface area contributed by atoms with Crippen molar-refractivity contribution in [1.29, 1.82) is 4.78 Å². The average molecular weight is 320 g/mol. The number of hydrogen-bond acceptors (Lipinski definition) is 7. The van der Waals surface area contributed by atoms with Crippen molar-refractivity contribution in [3.63, 3.8) is 0 Å². The maximum absolute atomic E-state index is 12.0. The van der Waals surface area contributed by atoms with Crippen molar-refractivity contribution in [2.24, 2.45) is 7.05 Å². The number of nitrogens with zero attached hydrogens (tertiary/aromatic N) is 5. The second kappa shape index (κ2) is 5.05. The molecule has 1 unspecified atom stereocenters. The van der Waals surface area contributed by atoms with Gasteiger partial charge in [0, 0.05) is 25.2 Å². The number of anilines is 1. The highest BCUT2D eigenvalue weighted by atomic mass is 32.2. The van der Waals surface area contributed by atoms with Gasteiger partial charge in [0.1, 0.15) is 12.1 Å². The molecule has 0 aliphatic carbocycles. The predicted octanol–water partition coefficient (Wildman–Crippen LogP) is 1.04. The molecule has 0 radical (unpaired) electrons. The number of H-pyrrole nitrogens is 1. The molecular weight excluding hydrogens is 304 g/mol. The van der Waals surface area contributed by atoms with Crippen molar-refractivity contribution >= 4 is 26.6 Å². The first kappa shape index (κ1) is 14.4. The Morgan fingerprint density at radius 2 is 2.23 bits per heavy atom. The molecule has 0 fully saturated rings. The van der Waals surface area contributed by atoms with Gasteiger partial charge in [0.2, 0.25) is 0 Å². The summed E-state index contributed by atoms with van der Waals surface area (Å²) in [5.74, 6) is 0.625. The van der Waals surface area contributed by atoms with Gasteiger partial charge in [-0.15, -0.1) is 0 Å². The van der Waals surface area contributed by atoms with E-state index in [1.54, 1.807) is 17.9 Å². The third-order valence-corrected chi connectivity index (χ3v) is 4.42. The van der Waals surface area contributed by atoms with Crippen molar-refractivity contribution in [3.05, 3.63) is 23.9 Å². The van der Waals surface area contributed by atoms with Crippen LogP contribution in [0.1, 0.15) is 11.4 Å². The molecule has 0 saturated carbocycles. The van der Waals surface area contributed by atoms with E-state index in [1.807, 2.05) is 6.92 Å². The first-order valence-electron chi connectivity index (χ1n) is 6.52. The fourth-order valence-electron chi connectivity index (χ4n) is 2.26. The monoisotopic (exact) mass is 320 g/mol. The normalized spacial score (nSPS) is 14.1. The van der Waals surface area contributed by atoms with E-state index < -0.39 is 9.73 Å². The van der Waals surface area contributed by atoms with E-state index in [1.165, 1.54) is 12.6 Å². The summed E-state index contributed by atoms with van der Waals surface area (Å²) in [7, 11) is -1.09. The maximum Gasteiger partial charge on any atom is 0.186 e. The Kier molecular flexibility index (Phi) is 3.32. The average Bonchev–Trinajstić information content (AvgIpc) is 3.00. The number of fused-ring (bicyclic) bond motifs is 1. The molecule has 3 N–H and O–H groups in total. The van der Waals surface area contributed by atoms with Crippen LogP contribution in [0.25, 0.3) is 11.0 Å². The number of rotatable bonds is 4. The van der Waals surface area contributed by atoms with Crippen molar-refractivity contribution in [3.8, 4) is 0 Å². The fraction of sp³-hybridized carbons (Fsp3) is 0.333. The van der Waals surface area contributed by atoms with Crippen LogP contribution < -0.4 is 5.32 Å². The maximum atomic E-state index is 12.0. The number of aryl methyl sites for hydroxylation is 2. The standard InChI is InChI=1S/C12H16N8OS/c1-7-10-11(15-6-16-12(10)18-17-7)14-4-8-9(22(3,13)21)5-20(2)19-8/h5-6,13H,4H2,1-3H3,(H2,14,15,16,17,18). The zero-order valence-electron chi connectivity index (χ0n) is 12.4. The van der Waals surface area contributed by atoms with E-state index in [4.69, 9.17) is 4.78 Å². The smallest absolute Gasteiger partial charge is 0.186 e. The summed E-state index contributed by atoms with van der Waals surface area (Å²) < 4.78 is 21.3. The van der Waals surface area contributed by atoms with Gasteiger partial charge in [0.05, 0.1) is 32.2 Å². The van der Waals surface area contributed by atoms with Crippen LogP contribution in [0, 0.1) is 11.7 Å². The minimum atomic E-state index is -2.83. The highest BCUT2D eigenvalue weighted by Crippen LogP contribution is 2.22. The summed E-state index contributed by atoms with van der Waals surface area (Å²) in [6.45, 7) is 2.20. The second-order valence-electron chi connectivity index (χ2n) is 5.08. The minimum Gasteiger partial charge on any atom is -0.364 e. The summed E-state index contributed by atoms with van der Waals surface area (Å²) in [6.07, 6.45) is 4.43. The van der Waals surface area contributed by atoms with Crippen LogP contribution in [-0.2, 0) is 23.3 Å². The first-order chi connectivity index (χ1) is 10.4. The van der Waals surface area contributed by atoms with Crippen LogP contribution in [0.4, 0.5) is 5.82 Å². The van der Waals surface area contributed by atoms with E-state index in [-0.39, 0.29) is 0 Å². The van der Waals surface area contributed by atoms with E-state index in [9.17, 15) is 4.21 Å².